The van der Waals surface area contributed by atoms with Gasteiger partial charge in [-0.1, -0.05) is 36.4 Å². The first-order valence-corrected chi connectivity index (χ1v) is 7.51. The normalized spacial score (nSPS) is 15.3. The van der Waals surface area contributed by atoms with Crippen molar-refractivity contribution in [3.05, 3.63) is 42.0 Å². The number of hydrogen-bond acceptors (Lipinski definition) is 3. The molecule has 5 nitrogen and oxygen atoms in total. The summed E-state index contributed by atoms with van der Waals surface area (Å²) in [5.41, 5.74) is 2.66. The van der Waals surface area contributed by atoms with Crippen LogP contribution >= 0.6 is 0 Å². The van der Waals surface area contributed by atoms with Gasteiger partial charge in [0.15, 0.2) is 5.96 Å². The highest BCUT2D eigenvalue weighted by Gasteiger charge is 2.16. The highest BCUT2D eigenvalue weighted by atomic mass is 16.5. The SMILES string of the molecule is CN=C(NCCC(=O)OC)N1CC=C(c2ccccc2)CC1. The summed E-state index contributed by atoms with van der Waals surface area (Å²) < 4.78 is 4.63. The summed E-state index contributed by atoms with van der Waals surface area (Å²) in [6.07, 6.45) is 3.57. The molecule has 0 amide bonds. The van der Waals surface area contributed by atoms with E-state index in [1.54, 1.807) is 7.05 Å². The number of aliphatic imine (C=N–C) groups is 1. The van der Waals surface area contributed by atoms with Gasteiger partial charge < -0.3 is 15.0 Å². The number of rotatable bonds is 4. The van der Waals surface area contributed by atoms with E-state index in [1.165, 1.54) is 18.2 Å². The fraction of sp³-hybridized carbons (Fsp3) is 0.412. The molecule has 0 aromatic heterocycles. The van der Waals surface area contributed by atoms with Crippen molar-refractivity contribution in [1.29, 1.82) is 0 Å². The van der Waals surface area contributed by atoms with Crippen LogP contribution in [0, 0.1) is 0 Å². The Morgan fingerprint density at radius 2 is 2.14 bits per heavy atom. The van der Waals surface area contributed by atoms with E-state index in [-0.39, 0.29) is 5.97 Å². The number of ether oxygens (including phenoxy) is 1. The lowest BCUT2D eigenvalue weighted by Gasteiger charge is -2.29. The van der Waals surface area contributed by atoms with Gasteiger partial charge >= 0.3 is 5.97 Å². The van der Waals surface area contributed by atoms with Crippen LogP contribution in [0.2, 0.25) is 0 Å². The predicted molar refractivity (Wildman–Crippen MR) is 88.6 cm³/mol. The lowest BCUT2D eigenvalue weighted by atomic mass is 10.00. The molecule has 0 saturated carbocycles. The zero-order valence-corrected chi connectivity index (χ0v) is 13.2. The molecule has 1 N–H and O–H groups in total. The van der Waals surface area contributed by atoms with Gasteiger partial charge in [0.05, 0.1) is 13.5 Å². The molecule has 5 heteroatoms. The van der Waals surface area contributed by atoms with Gasteiger partial charge in [0, 0.05) is 26.7 Å². The van der Waals surface area contributed by atoms with Gasteiger partial charge in [-0.25, -0.2) is 0 Å². The third-order valence-electron chi connectivity index (χ3n) is 3.70. The zero-order valence-electron chi connectivity index (χ0n) is 13.2. The maximum absolute atomic E-state index is 11.1. The van der Waals surface area contributed by atoms with Crippen molar-refractivity contribution in [2.75, 3.05) is 33.8 Å². The minimum Gasteiger partial charge on any atom is -0.469 e. The van der Waals surface area contributed by atoms with Crippen LogP contribution in [-0.4, -0.2) is 50.6 Å². The second-order valence-corrected chi connectivity index (χ2v) is 5.09. The molecule has 0 bridgehead atoms. The van der Waals surface area contributed by atoms with Gasteiger partial charge in [-0.3, -0.25) is 9.79 Å². The van der Waals surface area contributed by atoms with Crippen LogP contribution in [0.5, 0.6) is 0 Å². The Hall–Kier alpha value is -2.30. The van der Waals surface area contributed by atoms with Gasteiger partial charge in [0.1, 0.15) is 0 Å². The average Bonchev–Trinajstić information content (AvgIpc) is 2.59. The molecule has 22 heavy (non-hydrogen) atoms. The molecule has 0 radical (unpaired) electrons. The fourth-order valence-corrected chi connectivity index (χ4v) is 2.49. The molecule has 1 heterocycles. The van der Waals surface area contributed by atoms with Crippen LogP contribution < -0.4 is 5.32 Å². The summed E-state index contributed by atoms with van der Waals surface area (Å²) in [6.45, 7) is 2.27. The highest BCUT2D eigenvalue weighted by Crippen LogP contribution is 2.21. The third kappa shape index (κ3) is 4.35. The van der Waals surface area contributed by atoms with Crippen LogP contribution in [0.25, 0.3) is 5.57 Å². The van der Waals surface area contributed by atoms with Crippen LogP contribution in [0.4, 0.5) is 0 Å². The Morgan fingerprint density at radius 3 is 2.73 bits per heavy atom. The molecular weight excluding hydrogens is 278 g/mol. The Balaban J connectivity index is 1.89. The maximum atomic E-state index is 11.1. The number of guanidine groups is 1. The lowest BCUT2D eigenvalue weighted by Crippen LogP contribution is -2.44. The van der Waals surface area contributed by atoms with E-state index in [4.69, 9.17) is 0 Å². The van der Waals surface area contributed by atoms with Crippen molar-refractivity contribution in [2.24, 2.45) is 4.99 Å². The monoisotopic (exact) mass is 301 g/mol. The molecule has 0 aliphatic carbocycles. The van der Waals surface area contributed by atoms with Gasteiger partial charge in [-0.2, -0.15) is 0 Å². The van der Waals surface area contributed by atoms with Crippen molar-refractivity contribution >= 4 is 17.5 Å². The Morgan fingerprint density at radius 1 is 1.36 bits per heavy atom. The molecular formula is C17H23N3O2. The van der Waals surface area contributed by atoms with Crippen molar-refractivity contribution in [2.45, 2.75) is 12.8 Å². The number of carbonyl (C=O) groups is 1. The molecule has 1 aliphatic rings. The number of carbonyl (C=O) groups excluding carboxylic acids is 1. The molecule has 0 unspecified atom stereocenters. The topological polar surface area (TPSA) is 53.9 Å². The Bertz CT molecular complexity index is 552. The fourth-order valence-electron chi connectivity index (χ4n) is 2.49. The second-order valence-electron chi connectivity index (χ2n) is 5.09. The van der Waals surface area contributed by atoms with Gasteiger partial charge in [-0.15, -0.1) is 0 Å². The van der Waals surface area contributed by atoms with E-state index in [9.17, 15) is 4.79 Å². The first kappa shape index (κ1) is 16.1. The molecule has 0 saturated heterocycles. The number of hydrogen-bond donors (Lipinski definition) is 1. The highest BCUT2D eigenvalue weighted by molar-refractivity contribution is 5.82. The number of esters is 1. The average molecular weight is 301 g/mol. The van der Waals surface area contributed by atoms with Crippen LogP contribution in [0.15, 0.2) is 41.4 Å². The maximum Gasteiger partial charge on any atom is 0.307 e. The molecule has 1 aromatic carbocycles. The van der Waals surface area contributed by atoms with E-state index in [2.05, 4.69) is 50.3 Å². The summed E-state index contributed by atoms with van der Waals surface area (Å²) in [5, 5.41) is 3.20. The summed E-state index contributed by atoms with van der Waals surface area (Å²) in [7, 11) is 3.16. The van der Waals surface area contributed by atoms with Crippen LogP contribution in [0.1, 0.15) is 18.4 Å². The van der Waals surface area contributed by atoms with E-state index in [0.717, 1.165) is 25.5 Å². The summed E-state index contributed by atoms with van der Waals surface area (Å²) >= 11 is 0. The predicted octanol–water partition coefficient (Wildman–Crippen LogP) is 1.91. The van der Waals surface area contributed by atoms with E-state index in [1.807, 2.05) is 6.07 Å². The Kier molecular flexibility index (Phi) is 6.01. The van der Waals surface area contributed by atoms with Crippen molar-refractivity contribution < 1.29 is 9.53 Å². The van der Waals surface area contributed by atoms with Crippen molar-refractivity contribution in [1.82, 2.24) is 10.2 Å². The van der Waals surface area contributed by atoms with Gasteiger partial charge in [0.25, 0.3) is 0 Å². The summed E-state index contributed by atoms with van der Waals surface area (Å²) in [5.74, 6) is 0.611. The smallest absolute Gasteiger partial charge is 0.307 e. The van der Waals surface area contributed by atoms with E-state index in [0.29, 0.717) is 13.0 Å². The minimum atomic E-state index is -0.215. The van der Waals surface area contributed by atoms with E-state index >= 15 is 0 Å². The van der Waals surface area contributed by atoms with Crippen molar-refractivity contribution in [3.63, 3.8) is 0 Å². The molecule has 1 aliphatic heterocycles. The largest absolute Gasteiger partial charge is 0.469 e. The number of methoxy groups -OCH3 is 1. The second kappa shape index (κ2) is 8.22. The third-order valence-corrected chi connectivity index (χ3v) is 3.70. The zero-order chi connectivity index (χ0) is 15.8. The van der Waals surface area contributed by atoms with Crippen LogP contribution in [-0.2, 0) is 9.53 Å². The van der Waals surface area contributed by atoms with Gasteiger partial charge in [0.2, 0.25) is 0 Å². The van der Waals surface area contributed by atoms with Crippen molar-refractivity contribution in [3.8, 4) is 0 Å². The molecule has 118 valence electrons. The number of nitrogens with one attached hydrogen (secondary N) is 1. The van der Waals surface area contributed by atoms with Gasteiger partial charge in [-0.05, 0) is 17.6 Å². The Labute approximate surface area is 131 Å². The summed E-state index contributed by atoms with van der Waals surface area (Å²) in [4.78, 5) is 17.6. The molecule has 0 fully saturated rings. The first-order chi connectivity index (χ1) is 10.7. The molecule has 2 rings (SSSR count). The molecule has 0 atom stereocenters. The van der Waals surface area contributed by atoms with E-state index < -0.39 is 0 Å². The number of benzene rings is 1. The number of nitrogens with zero attached hydrogens (tertiary/aromatic N) is 2. The molecule has 1 aromatic rings. The summed E-state index contributed by atoms with van der Waals surface area (Å²) in [6, 6.07) is 10.5. The standard InChI is InChI=1S/C17H23N3O2/c1-18-17(19-11-8-16(21)22-2)20-12-9-15(10-13-20)14-6-4-3-5-7-14/h3-7,9H,8,10-13H2,1-2H3,(H,18,19). The lowest BCUT2D eigenvalue weighted by molar-refractivity contribution is -0.140. The molecule has 0 spiro atoms. The first-order valence-electron chi connectivity index (χ1n) is 7.51. The quantitative estimate of drug-likeness (QED) is 0.524. The van der Waals surface area contributed by atoms with Crippen LogP contribution in [0.3, 0.4) is 0 Å². The minimum absolute atomic E-state index is 0.215.